The third-order valence-electron chi connectivity index (χ3n) is 3.83. The quantitative estimate of drug-likeness (QED) is 0.435. The molecule has 3 heterocycles. The lowest BCUT2D eigenvalue weighted by Gasteiger charge is -2.06. The molecule has 0 spiro atoms. The zero-order valence-corrected chi connectivity index (χ0v) is 14.0. The molecular formula is C17H12N6O4. The van der Waals surface area contributed by atoms with Crippen LogP contribution >= 0.6 is 0 Å². The molecule has 10 heteroatoms. The summed E-state index contributed by atoms with van der Waals surface area (Å²) in [5, 5.41) is 25.8. The Bertz CT molecular complexity index is 1180. The van der Waals surface area contributed by atoms with Gasteiger partial charge in [-0.05, 0) is 37.3 Å². The smallest absolute Gasteiger partial charge is 0.395 e. The van der Waals surface area contributed by atoms with Crippen molar-refractivity contribution in [3.05, 3.63) is 70.2 Å². The first-order valence-electron chi connectivity index (χ1n) is 7.86. The van der Waals surface area contributed by atoms with E-state index in [0.29, 0.717) is 22.9 Å². The van der Waals surface area contributed by atoms with Crippen molar-refractivity contribution in [1.82, 2.24) is 19.8 Å². The first kappa shape index (κ1) is 16.4. The monoisotopic (exact) mass is 364 g/mol. The van der Waals surface area contributed by atoms with Crippen LogP contribution in [0.5, 0.6) is 0 Å². The maximum absolute atomic E-state index is 12.2. The molecule has 1 N–H and O–H groups in total. The second kappa shape index (κ2) is 6.33. The van der Waals surface area contributed by atoms with Gasteiger partial charge in [-0.25, -0.2) is 0 Å². The number of amides is 1. The summed E-state index contributed by atoms with van der Waals surface area (Å²) in [4.78, 5) is 22.2. The van der Waals surface area contributed by atoms with Crippen molar-refractivity contribution in [3.63, 3.8) is 0 Å². The number of nitrogens with zero attached hydrogens (tertiary/aromatic N) is 5. The number of aryl methyl sites for hydroxylation is 1. The molecule has 134 valence electrons. The van der Waals surface area contributed by atoms with Gasteiger partial charge in [0.2, 0.25) is 0 Å². The van der Waals surface area contributed by atoms with Gasteiger partial charge in [-0.3, -0.25) is 14.9 Å². The Morgan fingerprint density at radius 3 is 2.81 bits per heavy atom. The lowest BCUT2D eigenvalue weighted by Crippen LogP contribution is -2.10. The highest BCUT2D eigenvalue weighted by Gasteiger charge is 2.17. The number of nitrogens with one attached hydrogen (secondary N) is 1. The van der Waals surface area contributed by atoms with E-state index in [1.54, 1.807) is 41.8 Å². The average Bonchev–Trinajstić information content (AvgIpc) is 3.29. The zero-order chi connectivity index (χ0) is 19.0. The van der Waals surface area contributed by atoms with Crippen LogP contribution in [0.25, 0.3) is 16.9 Å². The lowest BCUT2D eigenvalue weighted by atomic mass is 10.1. The van der Waals surface area contributed by atoms with Crippen LogP contribution in [0.4, 0.5) is 11.6 Å². The number of benzene rings is 1. The minimum absolute atomic E-state index is 0.147. The molecule has 0 aliphatic rings. The van der Waals surface area contributed by atoms with Crippen molar-refractivity contribution in [2.24, 2.45) is 0 Å². The molecule has 27 heavy (non-hydrogen) atoms. The van der Waals surface area contributed by atoms with Crippen molar-refractivity contribution in [3.8, 4) is 11.3 Å². The Hall–Kier alpha value is -4.08. The largest absolute Gasteiger partial charge is 0.433 e. The lowest BCUT2D eigenvalue weighted by molar-refractivity contribution is -0.402. The summed E-state index contributed by atoms with van der Waals surface area (Å²) in [5.74, 6) is -0.559. The van der Waals surface area contributed by atoms with Crippen molar-refractivity contribution < 1.29 is 14.1 Å². The van der Waals surface area contributed by atoms with Gasteiger partial charge in [0.05, 0.1) is 11.8 Å². The second-order valence-electron chi connectivity index (χ2n) is 5.67. The zero-order valence-electron chi connectivity index (χ0n) is 14.0. The van der Waals surface area contributed by atoms with Crippen LogP contribution < -0.4 is 5.32 Å². The molecule has 0 unspecified atom stereocenters. The van der Waals surface area contributed by atoms with Gasteiger partial charge >= 0.3 is 5.88 Å². The van der Waals surface area contributed by atoms with E-state index < -0.39 is 16.7 Å². The molecule has 4 rings (SSSR count). The number of fused-ring (bicyclic) bond motifs is 1. The highest BCUT2D eigenvalue weighted by molar-refractivity contribution is 6.02. The van der Waals surface area contributed by atoms with Gasteiger partial charge in [-0.2, -0.15) is 9.61 Å². The molecule has 1 amide bonds. The molecule has 4 aromatic rings. The summed E-state index contributed by atoms with van der Waals surface area (Å²) in [7, 11) is 0. The number of anilines is 1. The number of furan rings is 1. The Kier molecular flexibility index (Phi) is 3.84. The molecule has 10 nitrogen and oxygen atoms in total. The number of hydrogen-bond donors (Lipinski definition) is 1. The third-order valence-corrected chi connectivity index (χ3v) is 3.83. The fourth-order valence-electron chi connectivity index (χ4n) is 2.55. The fourth-order valence-corrected chi connectivity index (χ4v) is 2.55. The predicted octanol–water partition coefficient (Wildman–Crippen LogP) is 2.85. The van der Waals surface area contributed by atoms with Gasteiger partial charge in [0, 0.05) is 11.3 Å². The summed E-state index contributed by atoms with van der Waals surface area (Å²) >= 11 is 0. The maximum atomic E-state index is 12.2. The van der Waals surface area contributed by atoms with Gasteiger partial charge in [0.25, 0.3) is 5.91 Å². The SMILES string of the molecule is Cc1nnc2ccc(-c3cccc(NC(=O)c4ccc([N+](=O)[O-])o4)c3)nn12. The van der Waals surface area contributed by atoms with E-state index in [-0.39, 0.29) is 5.76 Å². The highest BCUT2D eigenvalue weighted by Crippen LogP contribution is 2.22. The predicted molar refractivity (Wildman–Crippen MR) is 94.3 cm³/mol. The van der Waals surface area contributed by atoms with Crippen molar-refractivity contribution in [2.45, 2.75) is 6.92 Å². The Morgan fingerprint density at radius 2 is 2.04 bits per heavy atom. The number of hydrogen-bond acceptors (Lipinski definition) is 7. The Labute approximate surface area is 151 Å². The normalized spacial score (nSPS) is 10.9. The molecule has 0 aliphatic carbocycles. The van der Waals surface area contributed by atoms with Gasteiger partial charge in [-0.15, -0.1) is 10.2 Å². The second-order valence-corrected chi connectivity index (χ2v) is 5.67. The standard InChI is InChI=1S/C17H12N6O4/c1-10-19-20-15-7-5-13(21-22(10)15)11-3-2-4-12(9-11)18-17(24)14-6-8-16(27-14)23(25)26/h2-9H,1H3,(H,18,24). The molecule has 0 fully saturated rings. The van der Waals surface area contributed by atoms with E-state index in [9.17, 15) is 14.9 Å². The molecule has 0 atom stereocenters. The summed E-state index contributed by atoms with van der Waals surface area (Å²) in [6, 6.07) is 13.0. The van der Waals surface area contributed by atoms with Crippen LogP contribution in [0.3, 0.4) is 0 Å². The highest BCUT2D eigenvalue weighted by atomic mass is 16.6. The van der Waals surface area contributed by atoms with Crippen LogP contribution in [0.2, 0.25) is 0 Å². The fraction of sp³-hybridized carbons (Fsp3) is 0.0588. The first-order chi connectivity index (χ1) is 13.0. The molecule has 0 aliphatic heterocycles. The van der Waals surface area contributed by atoms with Crippen molar-refractivity contribution >= 4 is 23.1 Å². The van der Waals surface area contributed by atoms with Crippen molar-refractivity contribution in [1.29, 1.82) is 0 Å². The molecule has 0 bridgehead atoms. The summed E-state index contributed by atoms with van der Waals surface area (Å²) in [6.07, 6.45) is 0. The van der Waals surface area contributed by atoms with Crippen LogP contribution in [0.15, 0.2) is 52.9 Å². The number of carbonyl (C=O) groups is 1. The van der Waals surface area contributed by atoms with E-state index in [0.717, 1.165) is 11.6 Å². The van der Waals surface area contributed by atoms with E-state index in [2.05, 4.69) is 20.6 Å². The van der Waals surface area contributed by atoms with E-state index in [1.807, 2.05) is 6.07 Å². The molecular weight excluding hydrogens is 352 g/mol. The van der Waals surface area contributed by atoms with Crippen LogP contribution in [-0.2, 0) is 0 Å². The van der Waals surface area contributed by atoms with E-state index in [1.165, 1.54) is 6.07 Å². The van der Waals surface area contributed by atoms with E-state index in [4.69, 9.17) is 4.42 Å². The number of aromatic nitrogens is 4. The van der Waals surface area contributed by atoms with Gasteiger partial charge in [0.1, 0.15) is 4.92 Å². The molecule has 0 saturated heterocycles. The summed E-state index contributed by atoms with van der Waals surface area (Å²) < 4.78 is 6.53. The Morgan fingerprint density at radius 1 is 1.19 bits per heavy atom. The van der Waals surface area contributed by atoms with Crippen LogP contribution in [-0.4, -0.2) is 30.6 Å². The molecule has 0 saturated carbocycles. The molecule has 1 aromatic carbocycles. The topological polar surface area (TPSA) is 128 Å². The minimum Gasteiger partial charge on any atom is -0.395 e. The van der Waals surface area contributed by atoms with Crippen LogP contribution in [0, 0.1) is 17.0 Å². The van der Waals surface area contributed by atoms with Gasteiger partial charge < -0.3 is 9.73 Å². The minimum atomic E-state index is -0.702. The van der Waals surface area contributed by atoms with Gasteiger partial charge in [-0.1, -0.05) is 12.1 Å². The summed E-state index contributed by atoms with van der Waals surface area (Å²) in [5.41, 5.74) is 2.59. The van der Waals surface area contributed by atoms with Crippen molar-refractivity contribution in [2.75, 3.05) is 5.32 Å². The molecule has 0 radical (unpaired) electrons. The average molecular weight is 364 g/mol. The number of carbonyl (C=O) groups excluding carboxylic acids is 1. The molecule has 3 aromatic heterocycles. The summed E-state index contributed by atoms with van der Waals surface area (Å²) in [6.45, 7) is 1.80. The third kappa shape index (κ3) is 3.11. The first-order valence-corrected chi connectivity index (χ1v) is 7.86. The number of rotatable bonds is 4. The number of nitro groups is 1. The van der Waals surface area contributed by atoms with Gasteiger partial charge in [0.15, 0.2) is 17.2 Å². The maximum Gasteiger partial charge on any atom is 0.433 e. The van der Waals surface area contributed by atoms with Crippen LogP contribution in [0.1, 0.15) is 16.4 Å². The van der Waals surface area contributed by atoms with E-state index >= 15 is 0 Å². The Balaban J connectivity index is 1.60.